The maximum Gasteiger partial charge on any atom is 0.255 e. The summed E-state index contributed by atoms with van der Waals surface area (Å²) in [7, 11) is 0. The largest absolute Gasteiger partial charge is 0.494 e. The Morgan fingerprint density at radius 1 is 0.941 bits per heavy atom. The summed E-state index contributed by atoms with van der Waals surface area (Å²) in [5.41, 5.74) is 1.95. The van der Waals surface area contributed by atoms with E-state index in [0.29, 0.717) is 34.8 Å². The van der Waals surface area contributed by atoms with E-state index in [0.717, 1.165) is 5.56 Å². The van der Waals surface area contributed by atoms with Gasteiger partial charge < -0.3 is 19.8 Å². The van der Waals surface area contributed by atoms with Crippen LogP contribution in [0.5, 0.6) is 5.75 Å². The third-order valence-electron chi connectivity index (χ3n) is 5.28. The number of fused-ring (bicyclic) bond motifs is 1. The lowest BCUT2D eigenvalue weighted by Gasteiger charge is -2.11. The fourth-order valence-electron chi connectivity index (χ4n) is 3.62. The fourth-order valence-corrected chi connectivity index (χ4v) is 3.62. The molecule has 7 nitrogen and oxygen atoms in total. The van der Waals surface area contributed by atoms with Gasteiger partial charge in [-0.2, -0.15) is 0 Å². The van der Waals surface area contributed by atoms with Crippen molar-refractivity contribution in [2.45, 2.75) is 13.8 Å². The van der Waals surface area contributed by atoms with Gasteiger partial charge in [-0.1, -0.05) is 36.4 Å². The van der Waals surface area contributed by atoms with Gasteiger partial charge >= 0.3 is 0 Å². The van der Waals surface area contributed by atoms with Gasteiger partial charge in [-0.05, 0) is 50.2 Å². The van der Waals surface area contributed by atoms with E-state index in [2.05, 4.69) is 10.6 Å². The van der Waals surface area contributed by atoms with E-state index in [1.54, 1.807) is 49.4 Å². The minimum atomic E-state index is -0.515. The second-order valence-electron chi connectivity index (χ2n) is 7.62. The Balaban J connectivity index is 1.54. The molecule has 4 aromatic rings. The summed E-state index contributed by atoms with van der Waals surface area (Å²) in [6.07, 6.45) is 0. The van der Waals surface area contributed by atoms with Crippen molar-refractivity contribution in [1.82, 2.24) is 5.32 Å². The summed E-state index contributed by atoms with van der Waals surface area (Å²) in [6, 6.07) is 21.0. The van der Waals surface area contributed by atoms with Crippen molar-refractivity contribution in [1.29, 1.82) is 0 Å². The Morgan fingerprint density at radius 3 is 2.38 bits per heavy atom. The third-order valence-corrected chi connectivity index (χ3v) is 5.28. The number of amides is 2. The SMILES string of the molecule is CCOc1ccc(NC(=O)CNC(=O)c2cccc3c(=O)c(C)c(-c4ccccc4)oc23)cc1. The third kappa shape index (κ3) is 4.83. The first-order valence-electron chi connectivity index (χ1n) is 10.9. The van der Waals surface area contributed by atoms with Gasteiger partial charge in [-0.15, -0.1) is 0 Å². The van der Waals surface area contributed by atoms with Crippen LogP contribution in [0.25, 0.3) is 22.3 Å². The molecule has 0 aliphatic carbocycles. The van der Waals surface area contributed by atoms with Gasteiger partial charge in [0, 0.05) is 16.8 Å². The van der Waals surface area contributed by atoms with Crippen LogP contribution in [0.2, 0.25) is 0 Å². The second-order valence-corrected chi connectivity index (χ2v) is 7.62. The maximum absolute atomic E-state index is 13.0. The summed E-state index contributed by atoms with van der Waals surface area (Å²) < 4.78 is 11.5. The van der Waals surface area contributed by atoms with Gasteiger partial charge in [0.25, 0.3) is 5.91 Å². The van der Waals surface area contributed by atoms with Crippen LogP contribution >= 0.6 is 0 Å². The average molecular weight is 456 g/mol. The van der Waals surface area contributed by atoms with Crippen LogP contribution in [-0.4, -0.2) is 25.0 Å². The molecule has 0 bridgehead atoms. The zero-order chi connectivity index (χ0) is 24.1. The number of hydrogen-bond acceptors (Lipinski definition) is 5. The summed E-state index contributed by atoms with van der Waals surface area (Å²) >= 11 is 0. The quantitative estimate of drug-likeness (QED) is 0.426. The van der Waals surface area contributed by atoms with E-state index in [9.17, 15) is 14.4 Å². The number of ether oxygens (including phenoxy) is 1. The number of hydrogen-bond donors (Lipinski definition) is 2. The second kappa shape index (κ2) is 10.0. The van der Waals surface area contributed by atoms with Crippen molar-refractivity contribution in [3.05, 3.63) is 94.1 Å². The first-order valence-corrected chi connectivity index (χ1v) is 10.9. The molecule has 2 N–H and O–H groups in total. The Morgan fingerprint density at radius 2 is 1.68 bits per heavy atom. The first kappa shape index (κ1) is 22.8. The van der Waals surface area contributed by atoms with Gasteiger partial charge in [-0.25, -0.2) is 0 Å². The van der Waals surface area contributed by atoms with Crippen molar-refractivity contribution < 1.29 is 18.7 Å². The van der Waals surface area contributed by atoms with Gasteiger partial charge in [0.2, 0.25) is 5.91 Å². The number of rotatable bonds is 7. The smallest absolute Gasteiger partial charge is 0.255 e. The van der Waals surface area contributed by atoms with Gasteiger partial charge in [-0.3, -0.25) is 14.4 Å². The molecule has 1 aromatic heterocycles. The minimum Gasteiger partial charge on any atom is -0.494 e. The molecule has 4 rings (SSSR count). The molecule has 0 spiro atoms. The number of carbonyl (C=O) groups is 2. The van der Waals surface area contributed by atoms with Crippen molar-refractivity contribution in [3.63, 3.8) is 0 Å². The Bertz CT molecular complexity index is 1390. The molecule has 0 aliphatic rings. The molecule has 0 saturated heterocycles. The van der Waals surface area contributed by atoms with Crippen molar-refractivity contribution in [2.75, 3.05) is 18.5 Å². The topological polar surface area (TPSA) is 97.6 Å². The molecule has 0 atom stereocenters. The number of carbonyl (C=O) groups excluding carboxylic acids is 2. The fraction of sp³-hybridized carbons (Fsp3) is 0.148. The van der Waals surface area contributed by atoms with E-state index >= 15 is 0 Å². The van der Waals surface area contributed by atoms with Crippen LogP contribution in [0.15, 0.2) is 82.0 Å². The van der Waals surface area contributed by atoms with Crippen LogP contribution in [0.4, 0.5) is 5.69 Å². The number of para-hydroxylation sites is 1. The highest BCUT2D eigenvalue weighted by atomic mass is 16.5. The Labute approximate surface area is 196 Å². The van der Waals surface area contributed by atoms with E-state index in [-0.39, 0.29) is 29.0 Å². The van der Waals surface area contributed by atoms with E-state index in [1.165, 1.54) is 0 Å². The summed E-state index contributed by atoms with van der Waals surface area (Å²) in [5.74, 6) is 0.210. The molecule has 0 saturated carbocycles. The number of benzene rings is 3. The number of nitrogens with one attached hydrogen (secondary N) is 2. The zero-order valence-corrected chi connectivity index (χ0v) is 18.9. The monoisotopic (exact) mass is 456 g/mol. The molecule has 1 heterocycles. The molecule has 0 aliphatic heterocycles. The normalized spacial score (nSPS) is 10.6. The van der Waals surface area contributed by atoms with Gasteiger partial charge in [0.15, 0.2) is 11.0 Å². The van der Waals surface area contributed by atoms with Crippen LogP contribution in [-0.2, 0) is 4.79 Å². The van der Waals surface area contributed by atoms with Crippen LogP contribution in [0, 0.1) is 6.92 Å². The highest BCUT2D eigenvalue weighted by Crippen LogP contribution is 2.27. The van der Waals surface area contributed by atoms with Gasteiger partial charge in [0.1, 0.15) is 11.5 Å². The first-order chi connectivity index (χ1) is 16.5. The average Bonchev–Trinajstić information content (AvgIpc) is 2.86. The molecule has 7 heteroatoms. The minimum absolute atomic E-state index is 0.181. The molecule has 2 amide bonds. The van der Waals surface area contributed by atoms with Crippen LogP contribution in [0.3, 0.4) is 0 Å². The van der Waals surface area contributed by atoms with E-state index in [4.69, 9.17) is 9.15 Å². The highest BCUT2D eigenvalue weighted by Gasteiger charge is 2.18. The molecular weight excluding hydrogens is 432 g/mol. The van der Waals surface area contributed by atoms with Crippen LogP contribution in [0.1, 0.15) is 22.8 Å². The zero-order valence-electron chi connectivity index (χ0n) is 18.9. The predicted octanol–water partition coefficient (Wildman–Crippen LogP) is 4.54. The summed E-state index contributed by atoms with van der Waals surface area (Å²) in [6.45, 7) is 3.90. The Hall–Kier alpha value is -4.39. The molecule has 172 valence electrons. The number of anilines is 1. The van der Waals surface area contributed by atoms with E-state index < -0.39 is 5.91 Å². The predicted molar refractivity (Wildman–Crippen MR) is 131 cm³/mol. The lowest BCUT2D eigenvalue weighted by atomic mass is 10.0. The summed E-state index contributed by atoms with van der Waals surface area (Å²) in [5, 5.41) is 5.63. The lowest BCUT2D eigenvalue weighted by molar-refractivity contribution is -0.115. The van der Waals surface area contributed by atoms with Crippen LogP contribution < -0.4 is 20.8 Å². The molecule has 3 aromatic carbocycles. The molecule has 34 heavy (non-hydrogen) atoms. The van der Waals surface area contributed by atoms with Crippen molar-refractivity contribution in [3.8, 4) is 17.1 Å². The Kier molecular flexibility index (Phi) is 6.73. The van der Waals surface area contributed by atoms with Gasteiger partial charge in [0.05, 0.1) is 24.1 Å². The molecule has 0 unspecified atom stereocenters. The summed E-state index contributed by atoms with van der Waals surface area (Å²) in [4.78, 5) is 38.2. The van der Waals surface area contributed by atoms with Crippen molar-refractivity contribution in [2.24, 2.45) is 0 Å². The highest BCUT2D eigenvalue weighted by molar-refractivity contribution is 6.06. The standard InChI is InChI=1S/C27H24N2O5/c1-3-33-20-14-12-19(13-15-20)29-23(30)16-28-27(32)22-11-7-10-21-24(31)17(2)25(34-26(21)22)18-8-5-4-6-9-18/h4-15H,3,16H2,1-2H3,(H,28,32)(H,29,30). The molecule has 0 radical (unpaired) electrons. The molecular formula is C27H24N2O5. The molecule has 0 fully saturated rings. The lowest BCUT2D eigenvalue weighted by Crippen LogP contribution is -2.33. The maximum atomic E-state index is 13.0. The van der Waals surface area contributed by atoms with Crippen molar-refractivity contribution >= 4 is 28.5 Å². The van der Waals surface area contributed by atoms with E-state index in [1.807, 2.05) is 37.3 Å².